The van der Waals surface area contributed by atoms with E-state index >= 15 is 0 Å². The van der Waals surface area contributed by atoms with Crippen LogP contribution in [0, 0.1) is 11.8 Å². The van der Waals surface area contributed by atoms with Gasteiger partial charge in [0.25, 0.3) is 0 Å². The standard InChI is InChI=1S/C7H12O2/c1-5-3-9-4-7(5)6(2)8/h5,7H,3-4H2,1-2H3. The van der Waals surface area contributed by atoms with Gasteiger partial charge in [0.05, 0.1) is 6.61 Å². The Morgan fingerprint density at radius 2 is 2.22 bits per heavy atom. The maximum absolute atomic E-state index is 10.8. The molecule has 0 aromatic rings. The lowest BCUT2D eigenvalue weighted by atomic mass is 9.95. The summed E-state index contributed by atoms with van der Waals surface area (Å²) in [5.74, 6) is 0.868. The molecule has 0 spiro atoms. The monoisotopic (exact) mass is 128 g/mol. The van der Waals surface area contributed by atoms with Crippen LogP contribution in [0.2, 0.25) is 0 Å². The van der Waals surface area contributed by atoms with Crippen LogP contribution in [0.15, 0.2) is 0 Å². The van der Waals surface area contributed by atoms with Crippen LogP contribution >= 0.6 is 0 Å². The molecule has 2 unspecified atom stereocenters. The van der Waals surface area contributed by atoms with Crippen molar-refractivity contribution in [2.24, 2.45) is 11.8 Å². The van der Waals surface area contributed by atoms with Gasteiger partial charge in [0.1, 0.15) is 5.78 Å². The quantitative estimate of drug-likeness (QED) is 0.523. The lowest BCUT2D eigenvalue weighted by molar-refractivity contribution is -0.121. The highest BCUT2D eigenvalue weighted by Crippen LogP contribution is 2.19. The van der Waals surface area contributed by atoms with E-state index < -0.39 is 0 Å². The fourth-order valence-electron chi connectivity index (χ4n) is 1.18. The first-order chi connectivity index (χ1) is 4.22. The molecule has 0 aromatic heterocycles. The molecule has 0 amide bonds. The van der Waals surface area contributed by atoms with Crippen LogP contribution in [0.1, 0.15) is 13.8 Å². The fraction of sp³-hybridized carbons (Fsp3) is 0.857. The Morgan fingerprint density at radius 3 is 2.44 bits per heavy atom. The second-order valence-electron chi connectivity index (χ2n) is 2.73. The zero-order chi connectivity index (χ0) is 6.85. The Balaban J connectivity index is 2.49. The van der Waals surface area contributed by atoms with Crippen molar-refractivity contribution in [3.8, 4) is 0 Å². The van der Waals surface area contributed by atoms with Crippen LogP contribution in [0.4, 0.5) is 0 Å². The highest BCUT2D eigenvalue weighted by atomic mass is 16.5. The summed E-state index contributed by atoms with van der Waals surface area (Å²) in [5.41, 5.74) is 0. The lowest BCUT2D eigenvalue weighted by Gasteiger charge is -2.06. The summed E-state index contributed by atoms with van der Waals surface area (Å²) >= 11 is 0. The first-order valence-corrected chi connectivity index (χ1v) is 3.30. The Hall–Kier alpha value is -0.370. The molecule has 2 nitrogen and oxygen atoms in total. The van der Waals surface area contributed by atoms with Crippen molar-refractivity contribution in [2.75, 3.05) is 13.2 Å². The molecule has 0 radical (unpaired) electrons. The third-order valence-corrected chi connectivity index (χ3v) is 1.89. The molecule has 9 heavy (non-hydrogen) atoms. The summed E-state index contributed by atoms with van der Waals surface area (Å²) in [7, 11) is 0. The van der Waals surface area contributed by atoms with Gasteiger partial charge in [-0.2, -0.15) is 0 Å². The molecular weight excluding hydrogens is 116 g/mol. The van der Waals surface area contributed by atoms with Gasteiger partial charge in [-0.1, -0.05) is 6.92 Å². The lowest BCUT2D eigenvalue weighted by Crippen LogP contribution is -2.16. The van der Waals surface area contributed by atoms with Crippen molar-refractivity contribution in [3.63, 3.8) is 0 Å². The molecule has 0 bridgehead atoms. The van der Waals surface area contributed by atoms with Crippen LogP contribution < -0.4 is 0 Å². The Bertz CT molecular complexity index is 120. The fourth-order valence-corrected chi connectivity index (χ4v) is 1.18. The molecule has 1 aliphatic rings. The normalized spacial score (nSPS) is 34.9. The van der Waals surface area contributed by atoms with E-state index in [1.165, 1.54) is 0 Å². The van der Waals surface area contributed by atoms with Gasteiger partial charge < -0.3 is 4.74 Å². The Morgan fingerprint density at radius 1 is 1.56 bits per heavy atom. The summed E-state index contributed by atoms with van der Waals surface area (Å²) in [4.78, 5) is 10.8. The third-order valence-electron chi connectivity index (χ3n) is 1.89. The minimum absolute atomic E-state index is 0.171. The molecular formula is C7H12O2. The molecule has 2 heteroatoms. The van der Waals surface area contributed by atoms with Gasteiger partial charge in [-0.15, -0.1) is 0 Å². The molecule has 0 aliphatic carbocycles. The molecule has 1 heterocycles. The van der Waals surface area contributed by atoms with E-state index in [0.29, 0.717) is 12.5 Å². The highest BCUT2D eigenvalue weighted by Gasteiger charge is 2.27. The summed E-state index contributed by atoms with van der Waals surface area (Å²) in [6, 6.07) is 0. The van der Waals surface area contributed by atoms with Gasteiger partial charge in [-0.05, 0) is 12.8 Å². The Labute approximate surface area is 55.2 Å². The molecule has 0 N–H and O–H groups in total. The number of hydrogen-bond acceptors (Lipinski definition) is 2. The van der Waals surface area contributed by atoms with Crippen molar-refractivity contribution in [1.29, 1.82) is 0 Å². The Kier molecular flexibility index (Phi) is 1.86. The van der Waals surface area contributed by atoms with Crippen LogP contribution in [0.3, 0.4) is 0 Å². The summed E-state index contributed by atoms with van der Waals surface area (Å²) in [6.07, 6.45) is 0. The van der Waals surface area contributed by atoms with Gasteiger partial charge in [0, 0.05) is 12.5 Å². The van der Waals surface area contributed by atoms with E-state index in [4.69, 9.17) is 4.74 Å². The van der Waals surface area contributed by atoms with Crippen LogP contribution in [-0.4, -0.2) is 19.0 Å². The molecule has 1 saturated heterocycles. The van der Waals surface area contributed by atoms with Crippen LogP contribution in [-0.2, 0) is 9.53 Å². The van der Waals surface area contributed by atoms with Crippen molar-refractivity contribution in [2.45, 2.75) is 13.8 Å². The zero-order valence-electron chi connectivity index (χ0n) is 5.89. The van der Waals surface area contributed by atoms with Crippen molar-refractivity contribution < 1.29 is 9.53 Å². The molecule has 1 fully saturated rings. The van der Waals surface area contributed by atoms with E-state index in [1.54, 1.807) is 6.92 Å². The first-order valence-electron chi connectivity index (χ1n) is 3.30. The van der Waals surface area contributed by atoms with Crippen molar-refractivity contribution in [3.05, 3.63) is 0 Å². The van der Waals surface area contributed by atoms with Gasteiger partial charge in [-0.25, -0.2) is 0 Å². The number of Topliss-reactive ketones (excluding diaryl/α,β-unsaturated/α-hetero) is 1. The van der Waals surface area contributed by atoms with Crippen LogP contribution in [0.25, 0.3) is 0 Å². The van der Waals surface area contributed by atoms with Crippen molar-refractivity contribution in [1.82, 2.24) is 0 Å². The topological polar surface area (TPSA) is 26.3 Å². The molecule has 52 valence electrons. The molecule has 2 atom stereocenters. The number of rotatable bonds is 1. The summed E-state index contributed by atoms with van der Waals surface area (Å²) < 4.78 is 5.11. The average molecular weight is 128 g/mol. The smallest absolute Gasteiger partial charge is 0.135 e. The molecule has 1 aliphatic heterocycles. The van der Waals surface area contributed by atoms with E-state index in [-0.39, 0.29) is 11.7 Å². The summed E-state index contributed by atoms with van der Waals surface area (Å²) in [5, 5.41) is 0. The van der Waals surface area contributed by atoms with Gasteiger partial charge in [0.15, 0.2) is 0 Å². The predicted molar refractivity (Wildman–Crippen MR) is 34.2 cm³/mol. The van der Waals surface area contributed by atoms with Gasteiger partial charge in [-0.3, -0.25) is 4.79 Å². The van der Waals surface area contributed by atoms with E-state index in [9.17, 15) is 4.79 Å². The maximum atomic E-state index is 10.8. The number of hydrogen-bond donors (Lipinski definition) is 0. The van der Waals surface area contributed by atoms with E-state index in [0.717, 1.165) is 6.61 Å². The number of carbonyl (C=O) groups excluding carboxylic acids is 1. The zero-order valence-corrected chi connectivity index (χ0v) is 5.89. The van der Waals surface area contributed by atoms with E-state index in [2.05, 4.69) is 6.92 Å². The van der Waals surface area contributed by atoms with Gasteiger partial charge >= 0.3 is 0 Å². The second kappa shape index (κ2) is 2.48. The van der Waals surface area contributed by atoms with Crippen LogP contribution in [0.5, 0.6) is 0 Å². The third kappa shape index (κ3) is 1.30. The summed E-state index contributed by atoms with van der Waals surface area (Å²) in [6.45, 7) is 5.08. The number of ketones is 1. The van der Waals surface area contributed by atoms with Crippen molar-refractivity contribution >= 4 is 5.78 Å². The second-order valence-corrected chi connectivity index (χ2v) is 2.73. The first kappa shape index (κ1) is 6.75. The molecule has 0 saturated carbocycles. The average Bonchev–Trinajstić information content (AvgIpc) is 2.13. The predicted octanol–water partition coefficient (Wildman–Crippen LogP) is 0.858. The SMILES string of the molecule is CC(=O)C1COCC1C. The van der Waals surface area contributed by atoms with E-state index in [1.807, 2.05) is 0 Å². The molecule has 0 aromatic carbocycles. The van der Waals surface area contributed by atoms with Gasteiger partial charge in [0.2, 0.25) is 0 Å². The molecule has 1 rings (SSSR count). The minimum atomic E-state index is 0.171. The maximum Gasteiger partial charge on any atom is 0.135 e. The highest BCUT2D eigenvalue weighted by molar-refractivity contribution is 5.78. The number of ether oxygens (including phenoxy) is 1. The largest absolute Gasteiger partial charge is 0.380 e. The number of carbonyl (C=O) groups is 1. The minimum Gasteiger partial charge on any atom is -0.380 e.